The molecule has 0 aromatic rings. The van der Waals surface area contributed by atoms with Crippen LogP contribution in [0.2, 0.25) is 0 Å². The van der Waals surface area contributed by atoms with Gasteiger partial charge in [0.15, 0.2) is 0 Å². The van der Waals surface area contributed by atoms with E-state index in [4.69, 9.17) is 0 Å². The molecule has 19 heavy (non-hydrogen) atoms. The third-order valence-electron chi connectivity index (χ3n) is 5.07. The molecule has 3 aliphatic rings. The van der Waals surface area contributed by atoms with Crippen LogP contribution in [0.5, 0.6) is 0 Å². The highest BCUT2D eigenvalue weighted by molar-refractivity contribution is 5.83. The molecular formula is C15H27N3O. The van der Waals surface area contributed by atoms with Crippen molar-refractivity contribution in [3.8, 4) is 0 Å². The summed E-state index contributed by atoms with van der Waals surface area (Å²) in [5.74, 6) is 0.307. The Balaban J connectivity index is 1.54. The fourth-order valence-electron chi connectivity index (χ4n) is 3.76. The number of rotatable bonds is 5. The lowest BCUT2D eigenvalue weighted by molar-refractivity contribution is -0.131. The normalized spacial score (nSPS) is 35.7. The molecule has 1 saturated carbocycles. The Morgan fingerprint density at radius 3 is 2.89 bits per heavy atom. The molecule has 2 aliphatic heterocycles. The van der Waals surface area contributed by atoms with Crippen molar-refractivity contribution in [3.63, 3.8) is 0 Å². The van der Waals surface area contributed by atoms with Crippen LogP contribution < -0.4 is 10.6 Å². The summed E-state index contributed by atoms with van der Waals surface area (Å²) < 4.78 is 0. The first-order chi connectivity index (χ1) is 9.23. The van der Waals surface area contributed by atoms with E-state index in [2.05, 4.69) is 22.5 Å². The minimum atomic E-state index is -0.123. The molecule has 0 aromatic carbocycles. The number of hydrogen-bond donors (Lipinski definition) is 2. The third-order valence-corrected chi connectivity index (χ3v) is 5.07. The number of carbonyl (C=O) groups is 1. The summed E-state index contributed by atoms with van der Waals surface area (Å²) in [5.41, 5.74) is -0.123. The topological polar surface area (TPSA) is 44.4 Å². The number of likely N-dealkylation sites (tertiary alicyclic amines) is 1. The maximum absolute atomic E-state index is 12.6. The lowest BCUT2D eigenvalue weighted by atomic mass is 9.81. The van der Waals surface area contributed by atoms with Crippen molar-refractivity contribution in [2.24, 2.45) is 5.41 Å². The standard InChI is InChI=1S/C15H27N3O/c1-2-6-15(7-8-16-11-15)14(19)17-12-5-9-18(10-12)13-3-4-13/h12-13,16H,2-11H2,1H3,(H,17,19). The summed E-state index contributed by atoms with van der Waals surface area (Å²) in [6.07, 6.45) is 6.98. The van der Waals surface area contributed by atoms with Gasteiger partial charge in [-0.05, 0) is 38.6 Å². The van der Waals surface area contributed by atoms with Crippen LogP contribution in [0, 0.1) is 5.41 Å². The summed E-state index contributed by atoms with van der Waals surface area (Å²) in [7, 11) is 0. The minimum Gasteiger partial charge on any atom is -0.352 e. The molecular weight excluding hydrogens is 238 g/mol. The zero-order valence-corrected chi connectivity index (χ0v) is 12.1. The lowest BCUT2D eigenvalue weighted by Crippen LogP contribution is -2.47. The monoisotopic (exact) mass is 265 g/mol. The summed E-state index contributed by atoms with van der Waals surface area (Å²) in [6.45, 7) is 6.29. The number of hydrogen-bond acceptors (Lipinski definition) is 3. The van der Waals surface area contributed by atoms with Gasteiger partial charge < -0.3 is 10.6 Å². The van der Waals surface area contributed by atoms with Crippen LogP contribution >= 0.6 is 0 Å². The first-order valence-corrected chi connectivity index (χ1v) is 7.99. The van der Waals surface area contributed by atoms with E-state index in [0.29, 0.717) is 11.9 Å². The number of nitrogens with one attached hydrogen (secondary N) is 2. The van der Waals surface area contributed by atoms with Crippen LogP contribution in [0.4, 0.5) is 0 Å². The van der Waals surface area contributed by atoms with Crippen LogP contribution in [0.15, 0.2) is 0 Å². The SMILES string of the molecule is CCCC1(C(=O)NC2CCN(C3CC3)C2)CCNC1. The van der Waals surface area contributed by atoms with Crippen molar-refractivity contribution in [2.45, 2.75) is 57.5 Å². The third kappa shape index (κ3) is 2.79. The number of carbonyl (C=O) groups excluding carboxylic acids is 1. The zero-order chi connectivity index (χ0) is 13.3. The van der Waals surface area contributed by atoms with Crippen molar-refractivity contribution >= 4 is 5.91 Å². The van der Waals surface area contributed by atoms with Gasteiger partial charge in [0.2, 0.25) is 5.91 Å². The van der Waals surface area contributed by atoms with Gasteiger partial charge in [-0.25, -0.2) is 0 Å². The van der Waals surface area contributed by atoms with Gasteiger partial charge in [-0.2, -0.15) is 0 Å². The van der Waals surface area contributed by atoms with Crippen molar-refractivity contribution in [1.82, 2.24) is 15.5 Å². The van der Waals surface area contributed by atoms with Gasteiger partial charge in [0.05, 0.1) is 5.41 Å². The molecule has 2 unspecified atom stereocenters. The van der Waals surface area contributed by atoms with Gasteiger partial charge in [-0.1, -0.05) is 13.3 Å². The first kappa shape index (κ1) is 13.4. The quantitative estimate of drug-likeness (QED) is 0.783. The van der Waals surface area contributed by atoms with Gasteiger partial charge in [0.25, 0.3) is 0 Å². The van der Waals surface area contributed by atoms with Crippen molar-refractivity contribution in [2.75, 3.05) is 26.2 Å². The molecule has 0 radical (unpaired) electrons. The Bertz CT molecular complexity index is 334. The molecule has 2 heterocycles. The van der Waals surface area contributed by atoms with Crippen molar-refractivity contribution in [1.29, 1.82) is 0 Å². The summed E-state index contributed by atoms with van der Waals surface area (Å²) >= 11 is 0. The van der Waals surface area contributed by atoms with Gasteiger partial charge in [-0.3, -0.25) is 9.69 Å². The fourth-order valence-corrected chi connectivity index (χ4v) is 3.76. The highest BCUT2D eigenvalue weighted by Gasteiger charge is 2.42. The molecule has 4 nitrogen and oxygen atoms in total. The van der Waals surface area contributed by atoms with Crippen LogP contribution in [0.3, 0.4) is 0 Å². The maximum Gasteiger partial charge on any atom is 0.227 e. The average molecular weight is 265 g/mol. The molecule has 2 atom stereocenters. The first-order valence-electron chi connectivity index (χ1n) is 7.99. The van der Waals surface area contributed by atoms with E-state index in [-0.39, 0.29) is 5.41 Å². The van der Waals surface area contributed by atoms with Crippen LogP contribution in [-0.4, -0.2) is 49.1 Å². The smallest absolute Gasteiger partial charge is 0.227 e. The highest BCUT2D eigenvalue weighted by atomic mass is 16.2. The van der Waals surface area contributed by atoms with E-state index >= 15 is 0 Å². The van der Waals surface area contributed by atoms with Crippen molar-refractivity contribution < 1.29 is 4.79 Å². The number of nitrogens with zero attached hydrogens (tertiary/aromatic N) is 1. The fraction of sp³-hybridized carbons (Fsp3) is 0.933. The van der Waals surface area contributed by atoms with E-state index in [0.717, 1.165) is 51.4 Å². The van der Waals surface area contributed by atoms with Crippen LogP contribution in [0.1, 0.15) is 45.4 Å². The molecule has 1 amide bonds. The van der Waals surface area contributed by atoms with E-state index in [1.54, 1.807) is 0 Å². The molecule has 0 spiro atoms. The predicted octanol–water partition coefficient (Wildman–Crippen LogP) is 1.12. The van der Waals surface area contributed by atoms with Crippen LogP contribution in [0.25, 0.3) is 0 Å². The molecule has 3 rings (SSSR count). The molecule has 3 fully saturated rings. The molecule has 1 aliphatic carbocycles. The Hall–Kier alpha value is -0.610. The van der Waals surface area contributed by atoms with Crippen LogP contribution in [-0.2, 0) is 4.79 Å². The van der Waals surface area contributed by atoms with E-state index in [1.807, 2.05) is 0 Å². The van der Waals surface area contributed by atoms with Crippen molar-refractivity contribution in [3.05, 3.63) is 0 Å². The zero-order valence-electron chi connectivity index (χ0n) is 12.1. The Morgan fingerprint density at radius 2 is 2.26 bits per heavy atom. The predicted molar refractivity (Wildman–Crippen MR) is 76.0 cm³/mol. The Kier molecular flexibility index (Phi) is 3.81. The summed E-state index contributed by atoms with van der Waals surface area (Å²) in [6, 6.07) is 1.22. The number of amides is 1. The summed E-state index contributed by atoms with van der Waals surface area (Å²) in [4.78, 5) is 15.2. The Morgan fingerprint density at radius 1 is 1.42 bits per heavy atom. The van der Waals surface area contributed by atoms with E-state index in [9.17, 15) is 4.79 Å². The molecule has 2 saturated heterocycles. The van der Waals surface area contributed by atoms with Gasteiger partial charge in [-0.15, -0.1) is 0 Å². The van der Waals surface area contributed by atoms with Gasteiger partial charge >= 0.3 is 0 Å². The summed E-state index contributed by atoms with van der Waals surface area (Å²) in [5, 5.41) is 6.71. The van der Waals surface area contributed by atoms with E-state index in [1.165, 1.54) is 19.4 Å². The largest absolute Gasteiger partial charge is 0.352 e. The highest BCUT2D eigenvalue weighted by Crippen LogP contribution is 2.33. The second-order valence-electron chi connectivity index (χ2n) is 6.64. The second-order valence-corrected chi connectivity index (χ2v) is 6.64. The second kappa shape index (κ2) is 5.41. The molecule has 0 bridgehead atoms. The average Bonchev–Trinajstić information content (AvgIpc) is 2.96. The van der Waals surface area contributed by atoms with Gasteiger partial charge in [0.1, 0.15) is 0 Å². The van der Waals surface area contributed by atoms with Gasteiger partial charge in [0, 0.05) is 31.7 Å². The maximum atomic E-state index is 12.6. The molecule has 0 aromatic heterocycles. The van der Waals surface area contributed by atoms with E-state index < -0.39 is 0 Å². The molecule has 2 N–H and O–H groups in total. The molecule has 4 heteroatoms. The minimum absolute atomic E-state index is 0.123. The lowest BCUT2D eigenvalue weighted by Gasteiger charge is -2.28. The molecule has 108 valence electrons. The Labute approximate surface area is 116 Å².